The summed E-state index contributed by atoms with van der Waals surface area (Å²) in [5.74, 6) is -1.02. The summed E-state index contributed by atoms with van der Waals surface area (Å²) in [4.78, 5) is 50.4. The van der Waals surface area contributed by atoms with E-state index in [0.29, 0.717) is 12.5 Å². The maximum Gasteiger partial charge on any atom is 0.263 e. The monoisotopic (exact) mass is 472 g/mol. The Morgan fingerprint density at radius 3 is 2.35 bits per heavy atom. The molecule has 1 aromatic rings. The van der Waals surface area contributed by atoms with Gasteiger partial charge in [-0.25, -0.2) is 0 Å². The number of hydrogen-bond acceptors (Lipinski definition) is 4. The Morgan fingerprint density at radius 2 is 1.68 bits per heavy atom. The van der Waals surface area contributed by atoms with Crippen LogP contribution in [0.25, 0.3) is 0 Å². The molecule has 8 nitrogen and oxygen atoms in total. The van der Waals surface area contributed by atoms with Gasteiger partial charge in [-0.15, -0.1) is 0 Å². The summed E-state index contributed by atoms with van der Waals surface area (Å²) in [5, 5.41) is 5.36. The largest absolute Gasteiger partial charge is 0.370 e. The normalized spacial score (nSPS) is 17.2. The standard InChI is InChI=1S/C26H40N4O4/c1-26(2,25(34)28-15-14-22(27)31)29-23(32)20-16-19-12-8-3-4-9-13-21(19)30(24(20)33)17-18-10-6-5-7-11-18/h16,18H,3-15,17H2,1-2H3,(H2,27,31)(H,28,34)(H,29,32). The van der Waals surface area contributed by atoms with E-state index in [4.69, 9.17) is 5.73 Å². The number of amides is 3. The van der Waals surface area contributed by atoms with Crippen LogP contribution in [-0.4, -0.2) is 34.4 Å². The van der Waals surface area contributed by atoms with Gasteiger partial charge in [0, 0.05) is 25.2 Å². The number of nitrogens with two attached hydrogens (primary N) is 1. The summed E-state index contributed by atoms with van der Waals surface area (Å²) < 4.78 is 1.88. The zero-order valence-corrected chi connectivity index (χ0v) is 20.7. The maximum atomic E-state index is 13.6. The fraction of sp³-hybridized carbons (Fsp3) is 0.692. The molecule has 2 aliphatic rings. The van der Waals surface area contributed by atoms with E-state index in [1.807, 2.05) is 4.57 Å². The van der Waals surface area contributed by atoms with Crippen LogP contribution in [0.15, 0.2) is 10.9 Å². The van der Waals surface area contributed by atoms with E-state index >= 15 is 0 Å². The minimum Gasteiger partial charge on any atom is -0.370 e. The van der Waals surface area contributed by atoms with Gasteiger partial charge in [-0.3, -0.25) is 19.2 Å². The lowest BCUT2D eigenvalue weighted by Crippen LogP contribution is -2.55. The Kier molecular flexibility index (Phi) is 8.91. The predicted molar refractivity (Wildman–Crippen MR) is 132 cm³/mol. The van der Waals surface area contributed by atoms with Crippen LogP contribution < -0.4 is 21.9 Å². The summed E-state index contributed by atoms with van der Waals surface area (Å²) in [6, 6.07) is 1.76. The van der Waals surface area contributed by atoms with Crippen molar-refractivity contribution in [2.45, 2.75) is 103 Å². The maximum absolute atomic E-state index is 13.6. The molecule has 34 heavy (non-hydrogen) atoms. The molecule has 0 radical (unpaired) electrons. The first-order valence-corrected chi connectivity index (χ1v) is 12.8. The predicted octanol–water partition coefficient (Wildman–Crippen LogP) is 2.59. The van der Waals surface area contributed by atoms with Crippen molar-refractivity contribution in [1.82, 2.24) is 15.2 Å². The molecule has 2 aliphatic carbocycles. The van der Waals surface area contributed by atoms with Crippen LogP contribution in [0.2, 0.25) is 0 Å². The molecule has 0 atom stereocenters. The van der Waals surface area contributed by atoms with E-state index in [9.17, 15) is 19.2 Å². The number of nitrogens with one attached hydrogen (secondary N) is 2. The SMILES string of the molecule is CC(C)(NC(=O)c1cc2c(n(CC3CCCCC3)c1=O)CCCCCC2)C(=O)NCCC(N)=O. The number of carbonyl (C=O) groups excluding carboxylic acids is 3. The lowest BCUT2D eigenvalue weighted by Gasteiger charge is -2.28. The molecule has 4 N–H and O–H groups in total. The van der Waals surface area contributed by atoms with E-state index in [2.05, 4.69) is 10.6 Å². The zero-order chi connectivity index (χ0) is 24.7. The summed E-state index contributed by atoms with van der Waals surface area (Å²) in [7, 11) is 0. The molecule has 0 saturated heterocycles. The van der Waals surface area contributed by atoms with Gasteiger partial charge in [0.2, 0.25) is 11.8 Å². The van der Waals surface area contributed by atoms with Crippen molar-refractivity contribution in [3.8, 4) is 0 Å². The highest BCUT2D eigenvalue weighted by Gasteiger charge is 2.31. The van der Waals surface area contributed by atoms with E-state index in [1.165, 1.54) is 25.7 Å². The minimum atomic E-state index is -1.25. The molecule has 188 valence electrons. The number of primary amides is 1. The summed E-state index contributed by atoms with van der Waals surface area (Å²) in [6.45, 7) is 3.93. The van der Waals surface area contributed by atoms with Gasteiger partial charge in [-0.1, -0.05) is 32.1 Å². The number of fused-ring (bicyclic) bond motifs is 1. The molecule has 0 aliphatic heterocycles. The lowest BCUT2D eigenvalue weighted by atomic mass is 9.88. The minimum absolute atomic E-state index is 0.0203. The van der Waals surface area contributed by atoms with Gasteiger partial charge in [0.1, 0.15) is 11.1 Å². The highest BCUT2D eigenvalue weighted by Crippen LogP contribution is 2.27. The molecule has 3 rings (SSSR count). The van der Waals surface area contributed by atoms with Gasteiger partial charge in [-0.2, -0.15) is 0 Å². The van der Waals surface area contributed by atoms with E-state index < -0.39 is 23.3 Å². The first-order valence-electron chi connectivity index (χ1n) is 12.8. The Morgan fingerprint density at radius 1 is 1.03 bits per heavy atom. The van der Waals surface area contributed by atoms with Crippen LogP contribution in [0.5, 0.6) is 0 Å². The van der Waals surface area contributed by atoms with Gasteiger partial charge < -0.3 is 20.9 Å². The topological polar surface area (TPSA) is 123 Å². The third-order valence-corrected chi connectivity index (χ3v) is 7.16. The quantitative estimate of drug-likeness (QED) is 0.538. The summed E-state index contributed by atoms with van der Waals surface area (Å²) in [6.07, 6.45) is 12.1. The zero-order valence-electron chi connectivity index (χ0n) is 20.7. The average Bonchev–Trinajstić information content (AvgIpc) is 2.76. The molecule has 0 aromatic carbocycles. The van der Waals surface area contributed by atoms with Crippen LogP contribution in [0, 0.1) is 5.92 Å². The molecule has 3 amide bonds. The van der Waals surface area contributed by atoms with Crippen molar-refractivity contribution in [3.05, 3.63) is 33.2 Å². The number of hydrogen-bond donors (Lipinski definition) is 3. The number of pyridine rings is 1. The second kappa shape index (κ2) is 11.7. The van der Waals surface area contributed by atoms with E-state index in [1.54, 1.807) is 19.9 Å². The number of rotatable bonds is 8. The lowest BCUT2D eigenvalue weighted by molar-refractivity contribution is -0.126. The van der Waals surface area contributed by atoms with Crippen molar-refractivity contribution in [1.29, 1.82) is 0 Å². The summed E-state index contributed by atoms with van der Waals surface area (Å²) >= 11 is 0. The van der Waals surface area contributed by atoms with Gasteiger partial charge in [0.15, 0.2) is 0 Å². The van der Waals surface area contributed by atoms with Crippen molar-refractivity contribution in [2.75, 3.05) is 6.54 Å². The molecule has 1 saturated carbocycles. The Labute approximate surface area is 202 Å². The van der Waals surface area contributed by atoms with Crippen molar-refractivity contribution >= 4 is 17.7 Å². The smallest absolute Gasteiger partial charge is 0.263 e. The van der Waals surface area contributed by atoms with Crippen molar-refractivity contribution < 1.29 is 14.4 Å². The van der Waals surface area contributed by atoms with Crippen LogP contribution in [0.3, 0.4) is 0 Å². The highest BCUT2D eigenvalue weighted by molar-refractivity contribution is 5.99. The van der Waals surface area contributed by atoms with Crippen LogP contribution in [0.1, 0.15) is 99.7 Å². The van der Waals surface area contributed by atoms with Crippen LogP contribution >= 0.6 is 0 Å². The van der Waals surface area contributed by atoms with Gasteiger partial charge in [-0.05, 0) is 69.9 Å². The second-order valence-corrected chi connectivity index (χ2v) is 10.4. The molecule has 1 heterocycles. The third-order valence-electron chi connectivity index (χ3n) is 7.16. The molecule has 0 spiro atoms. The van der Waals surface area contributed by atoms with Crippen molar-refractivity contribution in [2.24, 2.45) is 11.7 Å². The van der Waals surface area contributed by atoms with Crippen LogP contribution in [-0.2, 0) is 29.0 Å². The Balaban J connectivity index is 1.87. The molecule has 8 heteroatoms. The Bertz CT molecular complexity index is 960. The van der Waals surface area contributed by atoms with Gasteiger partial charge in [0.05, 0.1) is 0 Å². The van der Waals surface area contributed by atoms with E-state index in [0.717, 1.165) is 56.2 Å². The highest BCUT2D eigenvalue weighted by atomic mass is 16.2. The van der Waals surface area contributed by atoms with Crippen molar-refractivity contribution in [3.63, 3.8) is 0 Å². The van der Waals surface area contributed by atoms with Crippen LogP contribution in [0.4, 0.5) is 0 Å². The first kappa shape index (κ1) is 26.0. The number of aryl methyl sites for hydroxylation is 1. The first-order chi connectivity index (χ1) is 16.2. The fourth-order valence-electron chi connectivity index (χ4n) is 5.15. The number of nitrogens with zero attached hydrogens (tertiary/aromatic N) is 1. The van der Waals surface area contributed by atoms with Gasteiger partial charge >= 0.3 is 0 Å². The molecule has 1 aromatic heterocycles. The Hall–Kier alpha value is -2.64. The molecule has 1 fully saturated rings. The molecular weight excluding hydrogens is 432 g/mol. The second-order valence-electron chi connectivity index (χ2n) is 10.4. The van der Waals surface area contributed by atoms with E-state index in [-0.39, 0.29) is 24.1 Å². The molecule has 0 bridgehead atoms. The average molecular weight is 473 g/mol. The number of carbonyl (C=O) groups is 3. The number of aromatic nitrogens is 1. The molecular formula is C26H40N4O4. The van der Waals surface area contributed by atoms with Gasteiger partial charge in [0.25, 0.3) is 11.5 Å². The molecule has 0 unspecified atom stereocenters. The summed E-state index contributed by atoms with van der Waals surface area (Å²) in [5.41, 5.74) is 5.90. The third kappa shape index (κ3) is 6.70. The fourth-order valence-corrected chi connectivity index (χ4v) is 5.15.